The Labute approximate surface area is 110 Å². The van der Waals surface area contributed by atoms with E-state index in [0.29, 0.717) is 0 Å². The van der Waals surface area contributed by atoms with Crippen molar-refractivity contribution in [1.29, 1.82) is 0 Å². The highest BCUT2D eigenvalue weighted by molar-refractivity contribution is 9.10. The second-order valence-corrected chi connectivity index (χ2v) is 5.15. The van der Waals surface area contributed by atoms with Gasteiger partial charge in [-0.25, -0.2) is 4.98 Å². The molecule has 0 aromatic carbocycles. The minimum atomic E-state index is 0.0826. The molecule has 1 aliphatic heterocycles. The molecule has 1 aromatic heterocycles. The third-order valence-electron chi connectivity index (χ3n) is 3.07. The Morgan fingerprint density at radius 3 is 3.06 bits per heavy atom. The molecule has 4 nitrogen and oxygen atoms in total. The van der Waals surface area contributed by atoms with Crippen LogP contribution in [0.3, 0.4) is 0 Å². The minimum absolute atomic E-state index is 0.0826. The highest BCUT2D eigenvalue weighted by Crippen LogP contribution is 2.22. The van der Waals surface area contributed by atoms with Crippen molar-refractivity contribution < 1.29 is 4.79 Å². The SMILES string of the molecule is CNC(=O)C1CCCN(c2ccc(Br)cn2)C1. The molecule has 1 aromatic rings. The topological polar surface area (TPSA) is 45.2 Å². The highest BCUT2D eigenvalue weighted by atomic mass is 79.9. The molecule has 1 aliphatic rings. The van der Waals surface area contributed by atoms with Crippen LogP contribution in [0.4, 0.5) is 5.82 Å². The van der Waals surface area contributed by atoms with Crippen molar-refractivity contribution in [2.24, 2.45) is 5.92 Å². The zero-order chi connectivity index (χ0) is 12.3. The standard InChI is InChI=1S/C12H16BrN3O/c1-14-12(17)9-3-2-6-16(8-9)11-5-4-10(13)7-15-11/h4-5,7,9H,2-3,6,8H2,1H3,(H,14,17). The van der Waals surface area contributed by atoms with Crippen molar-refractivity contribution in [3.63, 3.8) is 0 Å². The van der Waals surface area contributed by atoms with Gasteiger partial charge >= 0.3 is 0 Å². The Balaban J connectivity index is 2.06. The van der Waals surface area contributed by atoms with E-state index >= 15 is 0 Å². The molecule has 1 atom stereocenters. The van der Waals surface area contributed by atoms with Crippen LogP contribution in [0.1, 0.15) is 12.8 Å². The predicted octanol–water partition coefficient (Wildman–Crippen LogP) is 1.81. The van der Waals surface area contributed by atoms with Gasteiger partial charge in [0.15, 0.2) is 0 Å². The van der Waals surface area contributed by atoms with Gasteiger partial charge in [0.1, 0.15) is 5.82 Å². The van der Waals surface area contributed by atoms with Gasteiger partial charge in [-0.1, -0.05) is 0 Å². The van der Waals surface area contributed by atoms with Gasteiger partial charge in [0.2, 0.25) is 5.91 Å². The molecule has 2 heterocycles. The van der Waals surface area contributed by atoms with Crippen LogP contribution in [-0.2, 0) is 4.79 Å². The van der Waals surface area contributed by atoms with Gasteiger partial charge in [-0.05, 0) is 40.9 Å². The fourth-order valence-corrected chi connectivity index (χ4v) is 2.39. The molecular weight excluding hydrogens is 282 g/mol. The lowest BCUT2D eigenvalue weighted by Crippen LogP contribution is -2.42. The second-order valence-electron chi connectivity index (χ2n) is 4.23. The number of pyridine rings is 1. The summed E-state index contributed by atoms with van der Waals surface area (Å²) in [6.45, 7) is 1.73. The van der Waals surface area contributed by atoms with E-state index in [-0.39, 0.29) is 11.8 Å². The number of carbonyl (C=O) groups excluding carboxylic acids is 1. The number of nitrogens with one attached hydrogen (secondary N) is 1. The third-order valence-corrected chi connectivity index (χ3v) is 3.54. The van der Waals surface area contributed by atoms with Crippen LogP contribution in [0, 0.1) is 5.92 Å². The average molecular weight is 298 g/mol. The van der Waals surface area contributed by atoms with Crippen molar-refractivity contribution in [2.45, 2.75) is 12.8 Å². The molecular formula is C12H16BrN3O. The monoisotopic (exact) mass is 297 g/mol. The lowest BCUT2D eigenvalue weighted by molar-refractivity contribution is -0.124. The van der Waals surface area contributed by atoms with Gasteiger partial charge in [-0.2, -0.15) is 0 Å². The summed E-state index contributed by atoms with van der Waals surface area (Å²) in [7, 11) is 1.69. The van der Waals surface area contributed by atoms with E-state index < -0.39 is 0 Å². The van der Waals surface area contributed by atoms with E-state index in [4.69, 9.17) is 0 Å². The van der Waals surface area contributed by atoms with E-state index in [1.54, 1.807) is 13.2 Å². The number of hydrogen-bond donors (Lipinski definition) is 1. The highest BCUT2D eigenvalue weighted by Gasteiger charge is 2.25. The number of anilines is 1. The Morgan fingerprint density at radius 2 is 2.41 bits per heavy atom. The molecule has 0 spiro atoms. The number of piperidine rings is 1. The summed E-state index contributed by atoms with van der Waals surface area (Å²) in [4.78, 5) is 18.2. The number of carbonyl (C=O) groups is 1. The molecule has 5 heteroatoms. The van der Waals surface area contributed by atoms with E-state index in [0.717, 1.165) is 36.2 Å². The fraction of sp³-hybridized carbons (Fsp3) is 0.500. The van der Waals surface area contributed by atoms with E-state index in [1.165, 1.54) is 0 Å². The fourth-order valence-electron chi connectivity index (χ4n) is 2.16. The average Bonchev–Trinajstić information content (AvgIpc) is 2.39. The molecule has 0 aliphatic carbocycles. The van der Waals surface area contributed by atoms with Crippen LogP contribution in [-0.4, -0.2) is 31.0 Å². The summed E-state index contributed by atoms with van der Waals surface area (Å²) < 4.78 is 0.973. The number of nitrogens with zero attached hydrogens (tertiary/aromatic N) is 2. The summed E-state index contributed by atoms with van der Waals surface area (Å²) >= 11 is 3.37. The second kappa shape index (κ2) is 5.49. The maximum atomic E-state index is 11.6. The molecule has 17 heavy (non-hydrogen) atoms. The Bertz CT molecular complexity index is 393. The number of hydrogen-bond acceptors (Lipinski definition) is 3. The molecule has 0 bridgehead atoms. The first-order valence-corrected chi connectivity index (χ1v) is 6.58. The first kappa shape index (κ1) is 12.4. The van der Waals surface area contributed by atoms with Crippen LogP contribution in [0.15, 0.2) is 22.8 Å². The van der Waals surface area contributed by atoms with E-state index in [1.807, 2.05) is 12.1 Å². The molecule has 1 amide bonds. The van der Waals surface area contributed by atoms with Crippen molar-refractivity contribution in [2.75, 3.05) is 25.0 Å². The van der Waals surface area contributed by atoms with Gasteiger partial charge in [0.05, 0.1) is 5.92 Å². The largest absolute Gasteiger partial charge is 0.359 e. The van der Waals surface area contributed by atoms with E-state index in [9.17, 15) is 4.79 Å². The number of halogens is 1. The van der Waals surface area contributed by atoms with Crippen molar-refractivity contribution in [3.8, 4) is 0 Å². The van der Waals surface area contributed by atoms with Crippen molar-refractivity contribution in [1.82, 2.24) is 10.3 Å². The maximum Gasteiger partial charge on any atom is 0.224 e. The molecule has 0 saturated carbocycles. The van der Waals surface area contributed by atoms with Crippen LogP contribution in [0.25, 0.3) is 0 Å². The summed E-state index contributed by atoms with van der Waals surface area (Å²) in [5, 5.41) is 2.72. The Hall–Kier alpha value is -1.10. The third kappa shape index (κ3) is 2.97. The molecule has 1 unspecified atom stereocenters. The van der Waals surface area contributed by atoms with E-state index in [2.05, 4.69) is 31.1 Å². The molecule has 1 saturated heterocycles. The first-order valence-electron chi connectivity index (χ1n) is 5.79. The van der Waals surface area contributed by atoms with Crippen LogP contribution in [0.2, 0.25) is 0 Å². The summed E-state index contributed by atoms with van der Waals surface area (Å²) in [6.07, 6.45) is 3.79. The Kier molecular flexibility index (Phi) is 3.99. The number of aromatic nitrogens is 1. The molecule has 0 radical (unpaired) electrons. The van der Waals surface area contributed by atoms with Crippen LogP contribution < -0.4 is 10.2 Å². The molecule has 2 rings (SSSR count). The van der Waals surface area contributed by atoms with Crippen LogP contribution >= 0.6 is 15.9 Å². The minimum Gasteiger partial charge on any atom is -0.359 e. The predicted molar refractivity (Wildman–Crippen MR) is 70.9 cm³/mol. The molecule has 1 fully saturated rings. The lowest BCUT2D eigenvalue weighted by atomic mass is 9.97. The Morgan fingerprint density at radius 1 is 1.59 bits per heavy atom. The smallest absolute Gasteiger partial charge is 0.224 e. The first-order chi connectivity index (χ1) is 8.20. The van der Waals surface area contributed by atoms with Crippen molar-refractivity contribution in [3.05, 3.63) is 22.8 Å². The summed E-state index contributed by atoms with van der Waals surface area (Å²) in [5.41, 5.74) is 0. The van der Waals surface area contributed by atoms with Gasteiger partial charge in [0.25, 0.3) is 0 Å². The van der Waals surface area contributed by atoms with Crippen LogP contribution in [0.5, 0.6) is 0 Å². The van der Waals surface area contributed by atoms with Gasteiger partial charge in [-0.3, -0.25) is 4.79 Å². The zero-order valence-electron chi connectivity index (χ0n) is 9.82. The maximum absolute atomic E-state index is 11.6. The lowest BCUT2D eigenvalue weighted by Gasteiger charge is -2.32. The summed E-state index contributed by atoms with van der Waals surface area (Å²) in [6, 6.07) is 3.96. The summed E-state index contributed by atoms with van der Waals surface area (Å²) in [5.74, 6) is 1.16. The molecule has 92 valence electrons. The van der Waals surface area contributed by atoms with Gasteiger partial charge in [-0.15, -0.1) is 0 Å². The zero-order valence-corrected chi connectivity index (χ0v) is 11.4. The normalized spacial score (nSPS) is 20.1. The molecule has 1 N–H and O–H groups in total. The van der Waals surface area contributed by atoms with Crippen molar-refractivity contribution >= 4 is 27.7 Å². The number of rotatable bonds is 2. The van der Waals surface area contributed by atoms with Gasteiger partial charge in [0, 0.05) is 30.8 Å². The quantitative estimate of drug-likeness (QED) is 0.905. The number of amides is 1. The van der Waals surface area contributed by atoms with Gasteiger partial charge < -0.3 is 10.2 Å².